The number of urea groups is 1. The van der Waals surface area contributed by atoms with Gasteiger partial charge in [0, 0.05) is 6.92 Å². The highest BCUT2D eigenvalue weighted by Gasteiger charge is 2.38. The van der Waals surface area contributed by atoms with Crippen molar-refractivity contribution in [3.8, 4) is 0 Å². The highest BCUT2D eigenvalue weighted by atomic mass is 32.1. The maximum absolute atomic E-state index is 12.6. The largest absolute Gasteiger partial charge is 0.477 e. The van der Waals surface area contributed by atoms with E-state index in [2.05, 4.69) is 28.6 Å². The van der Waals surface area contributed by atoms with E-state index >= 15 is 0 Å². The van der Waals surface area contributed by atoms with Crippen LogP contribution in [0.4, 0.5) is 9.59 Å². The maximum Gasteiger partial charge on any atom is 0.423 e. The van der Waals surface area contributed by atoms with Gasteiger partial charge in [0.05, 0.1) is 20.3 Å². The number of methoxy groups -OCH3 is 1. The van der Waals surface area contributed by atoms with Crippen molar-refractivity contribution in [2.45, 2.75) is 81.1 Å². The summed E-state index contributed by atoms with van der Waals surface area (Å²) in [5.74, 6) is -1.31. The topological polar surface area (TPSA) is 144 Å². The van der Waals surface area contributed by atoms with Gasteiger partial charge in [-0.15, -0.1) is 0 Å². The molecule has 12 nitrogen and oxygen atoms in total. The minimum absolute atomic E-state index is 0.0139. The molecule has 0 aromatic rings. The Bertz CT molecular complexity index is 1190. The second-order valence-electron chi connectivity index (χ2n) is 9.58. The number of thiocarbonyl (C=S) groups is 1. The van der Waals surface area contributed by atoms with Crippen molar-refractivity contribution in [2.75, 3.05) is 20.3 Å². The number of imide groups is 4. The van der Waals surface area contributed by atoms with Crippen molar-refractivity contribution in [3.63, 3.8) is 0 Å². The molecule has 0 bridgehead atoms. The number of amides is 6. The lowest BCUT2D eigenvalue weighted by Crippen LogP contribution is -2.46. The van der Waals surface area contributed by atoms with Crippen molar-refractivity contribution in [1.82, 2.24) is 9.80 Å². The number of hydrogen-bond acceptors (Lipinski definition) is 9. The first-order valence-electron chi connectivity index (χ1n) is 13.4. The lowest BCUT2D eigenvalue weighted by molar-refractivity contribution is -0.137. The predicted octanol–water partition coefficient (Wildman–Crippen LogP) is 5.11. The van der Waals surface area contributed by atoms with Gasteiger partial charge in [-0.1, -0.05) is 44.3 Å². The van der Waals surface area contributed by atoms with E-state index in [1.54, 1.807) is 34.6 Å². The third-order valence-electron chi connectivity index (χ3n) is 5.99. The van der Waals surface area contributed by atoms with Crippen LogP contribution in [0.25, 0.3) is 0 Å². The van der Waals surface area contributed by atoms with Crippen molar-refractivity contribution in [3.05, 3.63) is 22.3 Å². The monoisotopic (exact) mass is 592 g/mol. The molecule has 2 aliphatic heterocycles. The highest BCUT2D eigenvalue weighted by Crippen LogP contribution is 2.22. The first kappa shape index (κ1) is 35.3. The third-order valence-corrected chi connectivity index (χ3v) is 6.26. The fraction of sp³-hybridized carbons (Fsp3) is 0.571. The summed E-state index contributed by atoms with van der Waals surface area (Å²) in [6, 6.07) is -0.907. The van der Waals surface area contributed by atoms with E-state index in [0.717, 1.165) is 37.5 Å². The van der Waals surface area contributed by atoms with Crippen LogP contribution < -0.4 is 0 Å². The van der Waals surface area contributed by atoms with Gasteiger partial charge in [-0.3, -0.25) is 14.4 Å². The quantitative estimate of drug-likeness (QED) is 0.291. The predicted molar refractivity (Wildman–Crippen MR) is 157 cm³/mol. The minimum Gasteiger partial charge on any atom is -0.477 e. The highest BCUT2D eigenvalue weighted by molar-refractivity contribution is 7.80. The fourth-order valence-corrected chi connectivity index (χ4v) is 4.03. The molecule has 0 spiro atoms. The normalized spacial score (nSPS) is 15.9. The summed E-state index contributed by atoms with van der Waals surface area (Å²) < 4.78 is 15.6. The van der Waals surface area contributed by atoms with E-state index in [9.17, 15) is 24.0 Å². The molecule has 2 rings (SSSR count). The van der Waals surface area contributed by atoms with Gasteiger partial charge in [-0.05, 0) is 59.2 Å². The van der Waals surface area contributed by atoms with Gasteiger partial charge < -0.3 is 14.2 Å². The van der Waals surface area contributed by atoms with Gasteiger partial charge in [0.1, 0.15) is 11.1 Å². The first-order valence-corrected chi connectivity index (χ1v) is 13.8. The summed E-state index contributed by atoms with van der Waals surface area (Å²) in [6.07, 6.45) is 3.48. The zero-order valence-electron chi connectivity index (χ0n) is 25.3. The SMILES string of the molecule is CCCCC(CC)COC1=NC(=S)N(C(=O)OC)C(=O)C1=C(C)C.CCOC1=NC(=O)N(C(C)=O)C(=O)C1=C(C)C. The Morgan fingerprint density at radius 3 is 1.83 bits per heavy atom. The number of hydrogen-bond donors (Lipinski definition) is 0. The Morgan fingerprint density at radius 2 is 1.39 bits per heavy atom. The molecule has 0 saturated heterocycles. The average molecular weight is 593 g/mol. The molecule has 0 fully saturated rings. The van der Waals surface area contributed by atoms with Crippen LogP contribution in [0, 0.1) is 5.92 Å². The molecule has 2 heterocycles. The molecule has 0 radical (unpaired) electrons. The van der Waals surface area contributed by atoms with Gasteiger partial charge in [-0.2, -0.15) is 19.8 Å². The van der Waals surface area contributed by atoms with Crippen LogP contribution in [0.3, 0.4) is 0 Å². The third kappa shape index (κ3) is 9.13. The second-order valence-corrected chi connectivity index (χ2v) is 9.94. The molecule has 1 unspecified atom stereocenters. The van der Waals surface area contributed by atoms with E-state index in [4.69, 9.17) is 21.7 Å². The molecule has 0 saturated carbocycles. The molecule has 1 atom stereocenters. The van der Waals surface area contributed by atoms with Gasteiger partial charge >= 0.3 is 12.1 Å². The smallest absolute Gasteiger partial charge is 0.423 e. The molecule has 41 heavy (non-hydrogen) atoms. The van der Waals surface area contributed by atoms with E-state index < -0.39 is 29.8 Å². The number of allylic oxidation sites excluding steroid dienone is 2. The van der Waals surface area contributed by atoms with Gasteiger partial charge in [-0.25, -0.2) is 9.59 Å². The van der Waals surface area contributed by atoms with Crippen molar-refractivity contribution < 1.29 is 38.2 Å². The van der Waals surface area contributed by atoms with E-state index in [0.29, 0.717) is 28.6 Å². The molecule has 2 aliphatic rings. The van der Waals surface area contributed by atoms with Crippen LogP contribution in [0.1, 0.15) is 81.1 Å². The minimum atomic E-state index is -0.907. The Kier molecular flexibility index (Phi) is 14.2. The Labute approximate surface area is 246 Å². The summed E-state index contributed by atoms with van der Waals surface area (Å²) in [5.41, 5.74) is 1.78. The molecule has 0 N–H and O–H groups in total. The molecule has 0 aliphatic carbocycles. The van der Waals surface area contributed by atoms with Gasteiger partial charge in [0.25, 0.3) is 11.8 Å². The zero-order chi connectivity index (χ0) is 31.4. The van der Waals surface area contributed by atoms with Crippen molar-refractivity contribution in [2.24, 2.45) is 15.9 Å². The molecule has 0 aromatic carbocycles. The molecule has 226 valence electrons. The Hall–Kier alpha value is -3.74. The number of carbonyl (C=O) groups excluding carboxylic acids is 5. The number of unbranched alkanes of at least 4 members (excludes halogenated alkanes) is 1. The summed E-state index contributed by atoms with van der Waals surface area (Å²) in [4.78, 5) is 68.0. The first-order chi connectivity index (χ1) is 19.3. The summed E-state index contributed by atoms with van der Waals surface area (Å²) in [5, 5.41) is -0.159. The summed E-state index contributed by atoms with van der Waals surface area (Å²) in [6.45, 7) is 14.8. The van der Waals surface area contributed by atoms with E-state index in [-0.39, 0.29) is 34.7 Å². The number of nitrogens with zero attached hydrogens (tertiary/aromatic N) is 4. The standard InChI is InChI=1S/C17H26N2O4S.C11H14N2O4/c1-6-8-9-12(7-2)10-23-14-13(11(3)4)15(20)19(16(24)18-14)17(21)22-5;1-5-17-9-8(6(2)3)10(15)13(7(4)14)11(16)12-9/h12H,6-10H2,1-5H3;5H2,1-4H3. The Balaban J connectivity index is 0.000000435. The second kappa shape index (κ2) is 16.5. The lowest BCUT2D eigenvalue weighted by atomic mass is 10.0. The molecule has 6 amide bonds. The zero-order valence-corrected chi connectivity index (χ0v) is 26.1. The van der Waals surface area contributed by atoms with Crippen LogP contribution in [0.5, 0.6) is 0 Å². The van der Waals surface area contributed by atoms with Crippen molar-refractivity contribution in [1.29, 1.82) is 0 Å². The number of aliphatic imine (C=N–C) groups is 2. The van der Waals surface area contributed by atoms with Crippen LogP contribution in [0.15, 0.2) is 32.3 Å². The summed E-state index contributed by atoms with van der Waals surface area (Å²) >= 11 is 5.06. The number of ether oxygens (including phenoxy) is 3. The van der Waals surface area contributed by atoms with Crippen LogP contribution in [-0.4, -0.2) is 76.9 Å². The molecular formula is C28H40N4O8S. The van der Waals surface area contributed by atoms with Gasteiger partial charge in [0.2, 0.25) is 22.8 Å². The molecule has 0 aromatic heterocycles. The molecule has 13 heteroatoms. The fourth-order valence-electron chi connectivity index (χ4n) is 3.79. The van der Waals surface area contributed by atoms with Crippen LogP contribution in [-0.2, 0) is 28.6 Å². The lowest BCUT2D eigenvalue weighted by Gasteiger charge is -2.26. The maximum atomic E-state index is 12.6. The van der Waals surface area contributed by atoms with E-state index in [1.165, 1.54) is 7.11 Å². The van der Waals surface area contributed by atoms with E-state index in [1.807, 2.05) is 0 Å². The summed E-state index contributed by atoms with van der Waals surface area (Å²) in [7, 11) is 1.19. The van der Waals surface area contributed by atoms with Crippen LogP contribution >= 0.6 is 12.2 Å². The van der Waals surface area contributed by atoms with Gasteiger partial charge in [0.15, 0.2) is 0 Å². The van der Waals surface area contributed by atoms with Crippen LogP contribution in [0.2, 0.25) is 0 Å². The van der Waals surface area contributed by atoms with Crippen molar-refractivity contribution >= 4 is 59.0 Å². The number of rotatable bonds is 7. The Morgan fingerprint density at radius 1 is 0.854 bits per heavy atom. The number of carbonyl (C=O) groups is 5. The molecular weight excluding hydrogens is 552 g/mol. The average Bonchev–Trinajstić information content (AvgIpc) is 2.88.